The molecule has 86 valence electrons. The molecule has 0 spiro atoms. The smallest absolute Gasteiger partial charge is 0.326 e. The highest BCUT2D eigenvalue weighted by Crippen LogP contribution is 1.97. The fourth-order valence-electron chi connectivity index (χ4n) is 1.04. The molecule has 16 heavy (non-hydrogen) atoms. The largest absolute Gasteiger partial charge is 0.480 e. The van der Waals surface area contributed by atoms with Crippen LogP contribution in [-0.2, 0) is 4.79 Å². The third-order valence-corrected chi connectivity index (χ3v) is 1.84. The third-order valence-electron chi connectivity index (χ3n) is 1.84. The maximum absolute atomic E-state index is 11.5. The van der Waals surface area contributed by atoms with Crippen LogP contribution in [0, 0.1) is 0 Å². The number of hydrogen-bond donors (Lipinski definition) is 3. The minimum absolute atomic E-state index is 0.0469. The van der Waals surface area contributed by atoms with Crippen molar-refractivity contribution in [3.05, 3.63) is 24.3 Å². The summed E-state index contributed by atoms with van der Waals surface area (Å²) in [5, 5.41) is 19.6. The molecule has 3 N–H and O–H groups in total. The van der Waals surface area contributed by atoms with E-state index in [2.05, 4.69) is 15.3 Å². The Kier molecular flexibility index (Phi) is 4.34. The Balaban J connectivity index is 2.65. The molecule has 0 aliphatic rings. The van der Waals surface area contributed by atoms with E-state index in [1.54, 1.807) is 0 Å². The molecular formula is C9H11N3O4. The Bertz CT molecular complexity index is 368. The predicted octanol–water partition coefficient (Wildman–Crippen LogP) is -0.958. The van der Waals surface area contributed by atoms with E-state index in [4.69, 9.17) is 10.2 Å². The van der Waals surface area contributed by atoms with E-state index in [0.29, 0.717) is 0 Å². The van der Waals surface area contributed by atoms with Crippen molar-refractivity contribution in [2.24, 2.45) is 0 Å². The maximum atomic E-state index is 11.5. The summed E-state index contributed by atoms with van der Waals surface area (Å²) in [5.41, 5.74) is 0.173. The highest BCUT2D eigenvalue weighted by Gasteiger charge is 2.19. The number of carbonyl (C=O) groups is 2. The van der Waals surface area contributed by atoms with Crippen molar-refractivity contribution in [1.29, 1.82) is 0 Å². The quantitative estimate of drug-likeness (QED) is 0.595. The predicted molar refractivity (Wildman–Crippen MR) is 52.6 cm³/mol. The van der Waals surface area contributed by atoms with E-state index in [0.717, 1.165) is 0 Å². The number of nitrogens with zero attached hydrogens (tertiary/aromatic N) is 2. The van der Waals surface area contributed by atoms with Crippen molar-refractivity contribution >= 4 is 11.9 Å². The number of rotatable bonds is 5. The number of nitrogens with one attached hydrogen (secondary N) is 1. The molecule has 0 aliphatic heterocycles. The number of amides is 1. The van der Waals surface area contributed by atoms with Crippen molar-refractivity contribution in [2.75, 3.05) is 6.61 Å². The number of carboxylic acid groups (broad SMARTS) is 1. The van der Waals surface area contributed by atoms with E-state index >= 15 is 0 Å². The second-order valence-corrected chi connectivity index (χ2v) is 3.00. The van der Waals surface area contributed by atoms with Crippen LogP contribution in [-0.4, -0.2) is 44.7 Å². The lowest BCUT2D eigenvalue weighted by Gasteiger charge is -2.12. The van der Waals surface area contributed by atoms with Crippen molar-refractivity contribution in [2.45, 2.75) is 12.5 Å². The van der Waals surface area contributed by atoms with Crippen molar-refractivity contribution in [3.63, 3.8) is 0 Å². The molecule has 0 aromatic carbocycles. The zero-order valence-electron chi connectivity index (χ0n) is 8.33. The number of aromatic nitrogens is 2. The summed E-state index contributed by atoms with van der Waals surface area (Å²) in [6.45, 7) is -0.317. The van der Waals surface area contributed by atoms with Crippen molar-refractivity contribution in [3.8, 4) is 0 Å². The van der Waals surface area contributed by atoms with Gasteiger partial charge in [-0.1, -0.05) is 0 Å². The normalized spacial score (nSPS) is 11.8. The first-order chi connectivity index (χ1) is 7.65. The van der Waals surface area contributed by atoms with E-state index < -0.39 is 17.9 Å². The molecule has 1 aromatic heterocycles. The van der Waals surface area contributed by atoms with Crippen LogP contribution in [0.1, 0.15) is 16.8 Å². The molecule has 1 aromatic rings. The summed E-state index contributed by atoms with van der Waals surface area (Å²) in [7, 11) is 0. The number of carbonyl (C=O) groups excluding carboxylic acids is 1. The van der Waals surface area contributed by atoms with E-state index in [1.807, 2.05) is 0 Å². The lowest BCUT2D eigenvalue weighted by Crippen LogP contribution is -2.41. The van der Waals surface area contributed by atoms with Gasteiger partial charge in [0.2, 0.25) is 0 Å². The van der Waals surface area contributed by atoms with Crippen LogP contribution >= 0.6 is 0 Å². The summed E-state index contributed by atoms with van der Waals surface area (Å²) in [6.07, 6.45) is 3.77. The molecule has 0 saturated carbocycles. The van der Waals surface area contributed by atoms with Gasteiger partial charge in [-0.3, -0.25) is 4.79 Å². The van der Waals surface area contributed by atoms with Crippen LogP contribution in [0.4, 0.5) is 0 Å². The fourth-order valence-corrected chi connectivity index (χ4v) is 1.04. The molecule has 1 rings (SSSR count). The van der Waals surface area contributed by atoms with Gasteiger partial charge in [0.25, 0.3) is 5.91 Å². The second kappa shape index (κ2) is 5.76. The second-order valence-electron chi connectivity index (χ2n) is 3.00. The molecule has 1 heterocycles. The topological polar surface area (TPSA) is 112 Å². The van der Waals surface area contributed by atoms with Gasteiger partial charge in [0, 0.05) is 25.4 Å². The first-order valence-electron chi connectivity index (χ1n) is 4.54. The summed E-state index contributed by atoms with van der Waals surface area (Å²) in [4.78, 5) is 29.5. The number of aliphatic hydroxyl groups excluding tert-OH is 1. The molecule has 0 saturated heterocycles. The minimum atomic E-state index is -1.20. The number of carboxylic acids is 1. The number of aliphatic carboxylic acids is 1. The summed E-state index contributed by atoms with van der Waals surface area (Å²) in [6, 6.07) is -1.11. The van der Waals surface area contributed by atoms with Crippen LogP contribution in [0.25, 0.3) is 0 Å². The average molecular weight is 225 g/mol. The van der Waals surface area contributed by atoms with Gasteiger partial charge >= 0.3 is 5.97 Å². The van der Waals surface area contributed by atoms with Gasteiger partial charge in [-0.05, 0) is 0 Å². The first-order valence-corrected chi connectivity index (χ1v) is 4.54. The van der Waals surface area contributed by atoms with Gasteiger partial charge < -0.3 is 15.5 Å². The van der Waals surface area contributed by atoms with Gasteiger partial charge in [-0.2, -0.15) is 0 Å². The number of hydrogen-bond acceptors (Lipinski definition) is 5. The highest BCUT2D eigenvalue weighted by atomic mass is 16.4. The zero-order chi connectivity index (χ0) is 12.0. The molecule has 0 bridgehead atoms. The van der Waals surface area contributed by atoms with Gasteiger partial charge in [-0.15, -0.1) is 0 Å². The number of aliphatic hydroxyl groups is 1. The highest BCUT2D eigenvalue weighted by molar-refractivity contribution is 5.95. The lowest BCUT2D eigenvalue weighted by atomic mass is 10.2. The van der Waals surface area contributed by atoms with Gasteiger partial charge in [0.1, 0.15) is 12.4 Å². The van der Waals surface area contributed by atoms with Crippen molar-refractivity contribution < 1.29 is 19.8 Å². The molecule has 7 heteroatoms. The Morgan fingerprint density at radius 2 is 2.00 bits per heavy atom. The molecular weight excluding hydrogens is 214 g/mol. The van der Waals surface area contributed by atoms with Crippen LogP contribution in [0.3, 0.4) is 0 Å². The van der Waals surface area contributed by atoms with E-state index in [-0.39, 0.29) is 18.6 Å². The van der Waals surface area contributed by atoms with Gasteiger partial charge in [0.05, 0.1) is 5.56 Å². The molecule has 0 fully saturated rings. The third kappa shape index (κ3) is 3.28. The molecule has 1 amide bonds. The summed E-state index contributed by atoms with van der Waals surface area (Å²) >= 11 is 0. The van der Waals surface area contributed by atoms with Gasteiger partial charge in [0.15, 0.2) is 0 Å². The molecule has 0 aliphatic carbocycles. The van der Waals surface area contributed by atoms with E-state index in [9.17, 15) is 9.59 Å². The summed E-state index contributed by atoms with van der Waals surface area (Å²) in [5.74, 6) is -1.78. The summed E-state index contributed by atoms with van der Waals surface area (Å²) < 4.78 is 0. The Hall–Kier alpha value is -2.02. The lowest BCUT2D eigenvalue weighted by molar-refractivity contribution is -0.139. The fraction of sp³-hybridized carbons (Fsp3) is 0.333. The molecule has 0 radical (unpaired) electrons. The first kappa shape index (κ1) is 12.1. The molecule has 1 unspecified atom stereocenters. The van der Waals surface area contributed by atoms with E-state index in [1.165, 1.54) is 18.7 Å². The zero-order valence-corrected chi connectivity index (χ0v) is 8.33. The SMILES string of the molecule is O=C(NC(CCO)C(=O)O)c1cncnc1. The van der Waals surface area contributed by atoms with Crippen molar-refractivity contribution in [1.82, 2.24) is 15.3 Å². The van der Waals surface area contributed by atoms with Crippen LogP contribution < -0.4 is 5.32 Å². The van der Waals surface area contributed by atoms with Crippen LogP contribution in [0.2, 0.25) is 0 Å². The van der Waals surface area contributed by atoms with Gasteiger partial charge in [-0.25, -0.2) is 14.8 Å². The standard InChI is InChI=1S/C9H11N3O4/c13-2-1-7(9(15)16)12-8(14)6-3-10-5-11-4-6/h3-5,7,13H,1-2H2,(H,12,14)(H,15,16). The monoisotopic (exact) mass is 225 g/mol. The Morgan fingerprint density at radius 1 is 1.38 bits per heavy atom. The van der Waals surface area contributed by atoms with Crippen LogP contribution in [0.5, 0.6) is 0 Å². The Labute approximate surface area is 91.2 Å². The average Bonchev–Trinajstić information content (AvgIpc) is 2.29. The van der Waals surface area contributed by atoms with Crippen LogP contribution in [0.15, 0.2) is 18.7 Å². The Morgan fingerprint density at radius 3 is 2.50 bits per heavy atom. The molecule has 1 atom stereocenters. The minimum Gasteiger partial charge on any atom is -0.480 e. The maximum Gasteiger partial charge on any atom is 0.326 e. The molecule has 7 nitrogen and oxygen atoms in total.